The Kier molecular flexibility index (Phi) is 1.97. The number of carbonyl (C=O) groups is 1. The molecular formula is C11H9NO2. The van der Waals surface area contributed by atoms with E-state index in [1.54, 1.807) is 25.1 Å². The van der Waals surface area contributed by atoms with Gasteiger partial charge in [-0.15, -0.1) is 0 Å². The maximum atomic E-state index is 11.3. The highest BCUT2D eigenvalue weighted by Crippen LogP contribution is 2.26. The number of fused-ring (bicyclic) bond motifs is 1. The minimum atomic E-state index is -0.365. The van der Waals surface area contributed by atoms with Gasteiger partial charge in [0.1, 0.15) is 5.75 Å². The molecule has 1 aromatic rings. The summed E-state index contributed by atoms with van der Waals surface area (Å²) in [5.41, 5.74) is 1.38. The van der Waals surface area contributed by atoms with Crippen LogP contribution in [0, 0.1) is 11.3 Å². The van der Waals surface area contributed by atoms with E-state index in [2.05, 4.69) is 0 Å². The Bertz CT molecular complexity index is 431. The first-order valence-electron chi connectivity index (χ1n) is 4.43. The van der Waals surface area contributed by atoms with Gasteiger partial charge in [-0.25, -0.2) is 0 Å². The molecule has 0 bridgehead atoms. The molecule has 0 fully saturated rings. The molecule has 70 valence electrons. The van der Waals surface area contributed by atoms with Crippen LogP contribution in [0.5, 0.6) is 5.75 Å². The van der Waals surface area contributed by atoms with Gasteiger partial charge in [-0.05, 0) is 25.1 Å². The normalized spacial score (nSPS) is 19.4. The van der Waals surface area contributed by atoms with Crippen molar-refractivity contribution in [3.05, 3.63) is 29.3 Å². The molecule has 3 nitrogen and oxygen atoms in total. The predicted molar refractivity (Wildman–Crippen MR) is 50.0 cm³/mol. The van der Waals surface area contributed by atoms with Gasteiger partial charge in [-0.3, -0.25) is 4.79 Å². The van der Waals surface area contributed by atoms with Crippen LogP contribution in [0.1, 0.15) is 18.1 Å². The average Bonchev–Trinajstić information content (AvgIpc) is 2.19. The lowest BCUT2D eigenvalue weighted by Crippen LogP contribution is -2.30. The second-order valence-electron chi connectivity index (χ2n) is 3.34. The summed E-state index contributed by atoms with van der Waals surface area (Å²) in [6, 6.07) is 7.19. The number of hydrogen-bond donors (Lipinski definition) is 0. The topological polar surface area (TPSA) is 50.1 Å². The average molecular weight is 187 g/mol. The van der Waals surface area contributed by atoms with Crippen molar-refractivity contribution in [3.63, 3.8) is 0 Å². The second-order valence-corrected chi connectivity index (χ2v) is 3.34. The van der Waals surface area contributed by atoms with Crippen LogP contribution < -0.4 is 4.74 Å². The van der Waals surface area contributed by atoms with Gasteiger partial charge >= 0.3 is 0 Å². The summed E-state index contributed by atoms with van der Waals surface area (Å²) >= 11 is 0. The van der Waals surface area contributed by atoms with Crippen molar-refractivity contribution in [3.8, 4) is 11.8 Å². The summed E-state index contributed by atoms with van der Waals surface area (Å²) in [5.74, 6) is 0.781. The first kappa shape index (κ1) is 8.76. The highest BCUT2D eigenvalue weighted by Gasteiger charge is 2.23. The molecule has 0 radical (unpaired) electrons. The third-order valence-electron chi connectivity index (χ3n) is 2.31. The molecule has 1 aliphatic rings. The van der Waals surface area contributed by atoms with Crippen molar-refractivity contribution >= 4 is 5.78 Å². The summed E-state index contributed by atoms with van der Waals surface area (Å²) in [7, 11) is 0. The zero-order valence-electron chi connectivity index (χ0n) is 7.78. The van der Waals surface area contributed by atoms with Gasteiger partial charge < -0.3 is 4.74 Å². The van der Waals surface area contributed by atoms with Crippen LogP contribution in [0.2, 0.25) is 0 Å². The lowest BCUT2D eigenvalue weighted by molar-refractivity contribution is -0.125. The minimum Gasteiger partial charge on any atom is -0.483 e. The fourth-order valence-electron chi connectivity index (χ4n) is 1.49. The van der Waals surface area contributed by atoms with Gasteiger partial charge in [-0.2, -0.15) is 5.26 Å². The SMILES string of the molecule is CC1Oc2ccc(C#N)cc2CC1=O. The maximum Gasteiger partial charge on any atom is 0.177 e. The van der Waals surface area contributed by atoms with Gasteiger partial charge in [-0.1, -0.05) is 0 Å². The van der Waals surface area contributed by atoms with Crippen molar-refractivity contribution in [2.75, 3.05) is 0 Å². The minimum absolute atomic E-state index is 0.0626. The summed E-state index contributed by atoms with van der Waals surface area (Å²) in [5, 5.41) is 8.68. The molecule has 3 heteroatoms. The van der Waals surface area contributed by atoms with Crippen LogP contribution in [0.15, 0.2) is 18.2 Å². The molecule has 1 atom stereocenters. The zero-order valence-corrected chi connectivity index (χ0v) is 7.78. The Labute approximate surface area is 81.9 Å². The van der Waals surface area contributed by atoms with E-state index in [1.165, 1.54) is 0 Å². The first-order valence-corrected chi connectivity index (χ1v) is 4.43. The summed E-state index contributed by atoms with van der Waals surface area (Å²) < 4.78 is 5.38. The molecule has 1 aromatic carbocycles. The smallest absolute Gasteiger partial charge is 0.177 e. The maximum absolute atomic E-state index is 11.3. The number of ketones is 1. The molecule has 0 amide bonds. The van der Waals surface area contributed by atoms with Gasteiger partial charge in [0.15, 0.2) is 11.9 Å². The Balaban J connectivity index is 2.44. The zero-order chi connectivity index (χ0) is 10.1. The Morgan fingerprint density at radius 2 is 2.36 bits per heavy atom. The number of nitrogens with zero attached hydrogens (tertiary/aromatic N) is 1. The number of hydrogen-bond acceptors (Lipinski definition) is 3. The molecule has 2 rings (SSSR count). The Hall–Kier alpha value is -1.82. The van der Waals surface area contributed by atoms with Crippen molar-refractivity contribution in [1.29, 1.82) is 5.26 Å². The number of nitriles is 1. The van der Waals surface area contributed by atoms with E-state index in [9.17, 15) is 4.79 Å². The molecule has 0 N–H and O–H groups in total. The highest BCUT2D eigenvalue weighted by molar-refractivity contribution is 5.87. The second kappa shape index (κ2) is 3.15. The number of ether oxygens (including phenoxy) is 1. The van der Waals surface area contributed by atoms with E-state index in [0.29, 0.717) is 12.0 Å². The van der Waals surface area contributed by atoms with E-state index >= 15 is 0 Å². The van der Waals surface area contributed by atoms with Gasteiger partial charge in [0.25, 0.3) is 0 Å². The third kappa shape index (κ3) is 1.35. The highest BCUT2D eigenvalue weighted by atomic mass is 16.5. The van der Waals surface area contributed by atoms with E-state index in [1.807, 2.05) is 6.07 Å². The third-order valence-corrected chi connectivity index (χ3v) is 2.31. The molecule has 0 saturated carbocycles. The van der Waals surface area contributed by atoms with E-state index in [4.69, 9.17) is 10.00 Å². The van der Waals surface area contributed by atoms with E-state index in [-0.39, 0.29) is 11.9 Å². The van der Waals surface area contributed by atoms with Gasteiger partial charge in [0.05, 0.1) is 11.6 Å². The molecule has 1 unspecified atom stereocenters. The van der Waals surface area contributed by atoms with Crippen molar-refractivity contribution in [2.24, 2.45) is 0 Å². The summed E-state index contributed by atoms with van der Waals surface area (Å²) in [6.45, 7) is 1.74. The fraction of sp³-hybridized carbons (Fsp3) is 0.273. The van der Waals surface area contributed by atoms with Gasteiger partial charge in [0, 0.05) is 12.0 Å². The van der Waals surface area contributed by atoms with Crippen molar-refractivity contribution in [2.45, 2.75) is 19.4 Å². The molecule has 0 aromatic heterocycles. The predicted octanol–water partition coefficient (Wildman–Crippen LogP) is 1.45. The fourth-order valence-corrected chi connectivity index (χ4v) is 1.49. The number of benzene rings is 1. The van der Waals surface area contributed by atoms with Gasteiger partial charge in [0.2, 0.25) is 0 Å². The van der Waals surface area contributed by atoms with Crippen LogP contribution in [0.3, 0.4) is 0 Å². The van der Waals surface area contributed by atoms with Crippen LogP contribution in [0.4, 0.5) is 0 Å². The van der Waals surface area contributed by atoms with Crippen LogP contribution in [-0.4, -0.2) is 11.9 Å². The number of rotatable bonds is 0. The first-order chi connectivity index (χ1) is 6.70. The molecule has 0 aliphatic carbocycles. The summed E-state index contributed by atoms with van der Waals surface area (Å²) in [4.78, 5) is 11.3. The Morgan fingerprint density at radius 3 is 3.07 bits per heavy atom. The number of carbonyl (C=O) groups excluding carboxylic acids is 1. The molecule has 0 saturated heterocycles. The quantitative estimate of drug-likeness (QED) is 0.617. The number of Topliss-reactive ketones (excluding diaryl/α,β-unsaturated/α-hetero) is 1. The van der Waals surface area contributed by atoms with Crippen LogP contribution in [-0.2, 0) is 11.2 Å². The lowest BCUT2D eigenvalue weighted by Gasteiger charge is -2.21. The van der Waals surface area contributed by atoms with Crippen molar-refractivity contribution < 1.29 is 9.53 Å². The molecule has 1 heterocycles. The monoisotopic (exact) mass is 187 g/mol. The molecule has 0 spiro atoms. The molecule has 1 aliphatic heterocycles. The standard InChI is InChI=1S/C11H9NO2/c1-7-10(13)5-9-4-8(6-12)2-3-11(9)14-7/h2-4,7H,5H2,1H3. The molecular weight excluding hydrogens is 178 g/mol. The van der Waals surface area contributed by atoms with Crippen molar-refractivity contribution in [1.82, 2.24) is 0 Å². The van der Waals surface area contributed by atoms with Crippen LogP contribution >= 0.6 is 0 Å². The lowest BCUT2D eigenvalue weighted by atomic mass is 10.00. The van der Waals surface area contributed by atoms with Crippen LogP contribution in [0.25, 0.3) is 0 Å². The van der Waals surface area contributed by atoms with E-state index in [0.717, 1.165) is 11.3 Å². The Morgan fingerprint density at radius 1 is 1.57 bits per heavy atom. The van der Waals surface area contributed by atoms with E-state index < -0.39 is 0 Å². The largest absolute Gasteiger partial charge is 0.483 e. The molecule has 14 heavy (non-hydrogen) atoms. The summed E-state index contributed by atoms with van der Waals surface area (Å²) in [6.07, 6.45) is 0.00175.